The molecule has 0 aromatic heterocycles. The number of aliphatic imine (C=N–C) groups is 1. The van der Waals surface area contributed by atoms with Crippen LogP contribution in [0.3, 0.4) is 0 Å². The van der Waals surface area contributed by atoms with Crippen LogP contribution in [0.5, 0.6) is 0 Å². The van der Waals surface area contributed by atoms with Crippen molar-refractivity contribution in [1.82, 2.24) is 10.6 Å². The zero-order chi connectivity index (χ0) is 13.0. The Kier molecular flexibility index (Phi) is 3.82. The van der Waals surface area contributed by atoms with E-state index in [0.717, 1.165) is 6.42 Å². The second kappa shape index (κ2) is 5.53. The second-order valence-electron chi connectivity index (χ2n) is 4.24. The molecule has 0 fully saturated rings. The number of aryl methyl sites for hydroxylation is 1. The van der Waals surface area contributed by atoms with Gasteiger partial charge in [0.25, 0.3) is 0 Å². The van der Waals surface area contributed by atoms with Crippen LogP contribution in [0.15, 0.2) is 29.3 Å². The number of carbonyl (C=O) groups excluding carboxylic acids is 1. The number of hydrogen-bond acceptors (Lipinski definition) is 4. The van der Waals surface area contributed by atoms with Gasteiger partial charge < -0.3 is 10.1 Å². The first kappa shape index (κ1) is 12.4. The Hall–Kier alpha value is -2.04. The van der Waals surface area contributed by atoms with Gasteiger partial charge in [-0.2, -0.15) is 0 Å². The van der Waals surface area contributed by atoms with Crippen molar-refractivity contribution in [3.05, 3.63) is 35.4 Å². The fourth-order valence-electron chi connectivity index (χ4n) is 1.86. The molecule has 2 rings (SSSR count). The van der Waals surface area contributed by atoms with E-state index in [9.17, 15) is 4.79 Å². The minimum atomic E-state index is -0.509. The third-order valence-corrected chi connectivity index (χ3v) is 2.88. The van der Waals surface area contributed by atoms with Crippen molar-refractivity contribution in [2.45, 2.75) is 19.4 Å². The van der Waals surface area contributed by atoms with Crippen LogP contribution < -0.4 is 10.6 Å². The van der Waals surface area contributed by atoms with E-state index in [1.807, 2.05) is 0 Å². The van der Waals surface area contributed by atoms with Crippen LogP contribution in [-0.4, -0.2) is 25.7 Å². The van der Waals surface area contributed by atoms with Gasteiger partial charge in [-0.25, -0.2) is 4.79 Å². The molecule has 0 saturated carbocycles. The number of benzene rings is 1. The number of nitrogens with zero attached hydrogens (tertiary/aromatic N) is 1. The maximum absolute atomic E-state index is 11.1. The molecule has 96 valence electrons. The van der Waals surface area contributed by atoms with E-state index in [1.165, 1.54) is 18.2 Å². The molecule has 1 amide bonds. The Bertz CT molecular complexity index is 454. The van der Waals surface area contributed by atoms with Crippen molar-refractivity contribution >= 4 is 12.1 Å². The largest absolute Gasteiger partial charge is 0.453 e. The average molecular weight is 247 g/mol. The van der Waals surface area contributed by atoms with Crippen molar-refractivity contribution in [3.8, 4) is 0 Å². The minimum absolute atomic E-state index is 0.176. The van der Waals surface area contributed by atoms with Crippen molar-refractivity contribution < 1.29 is 9.53 Å². The highest BCUT2D eigenvalue weighted by atomic mass is 16.5. The molecule has 0 aliphatic carbocycles. The number of guanidine groups is 1. The lowest BCUT2D eigenvalue weighted by Crippen LogP contribution is -2.45. The van der Waals surface area contributed by atoms with Crippen LogP contribution in [0.1, 0.15) is 23.6 Å². The maximum Gasteiger partial charge on any atom is 0.413 e. The van der Waals surface area contributed by atoms with E-state index in [4.69, 9.17) is 0 Å². The fourth-order valence-corrected chi connectivity index (χ4v) is 1.86. The predicted molar refractivity (Wildman–Crippen MR) is 69.5 cm³/mol. The van der Waals surface area contributed by atoms with E-state index in [1.54, 1.807) is 0 Å². The van der Waals surface area contributed by atoms with Crippen LogP contribution in [-0.2, 0) is 4.74 Å². The first-order chi connectivity index (χ1) is 8.69. The maximum atomic E-state index is 11.1. The molecule has 0 bridgehead atoms. The summed E-state index contributed by atoms with van der Waals surface area (Å²) in [4.78, 5) is 15.3. The molecule has 1 aliphatic heterocycles. The van der Waals surface area contributed by atoms with E-state index >= 15 is 0 Å². The van der Waals surface area contributed by atoms with E-state index in [-0.39, 0.29) is 6.04 Å². The van der Waals surface area contributed by atoms with Crippen molar-refractivity contribution in [2.24, 2.45) is 4.99 Å². The third-order valence-electron chi connectivity index (χ3n) is 2.88. The summed E-state index contributed by atoms with van der Waals surface area (Å²) in [5.74, 6) is 0.471. The summed E-state index contributed by atoms with van der Waals surface area (Å²) >= 11 is 0. The summed E-state index contributed by atoms with van der Waals surface area (Å²) in [5.41, 5.74) is 2.43. The Morgan fingerprint density at radius 2 is 2.17 bits per heavy atom. The van der Waals surface area contributed by atoms with Gasteiger partial charge in [-0.05, 0) is 18.9 Å². The van der Waals surface area contributed by atoms with Gasteiger partial charge >= 0.3 is 6.09 Å². The second-order valence-corrected chi connectivity index (χ2v) is 4.24. The van der Waals surface area contributed by atoms with E-state index < -0.39 is 6.09 Å². The summed E-state index contributed by atoms with van der Waals surface area (Å²) in [6.07, 6.45) is 0.404. The lowest BCUT2D eigenvalue weighted by atomic mass is 10.0. The first-order valence-corrected chi connectivity index (χ1v) is 5.91. The van der Waals surface area contributed by atoms with Gasteiger partial charge in [0.05, 0.1) is 13.2 Å². The van der Waals surface area contributed by atoms with Gasteiger partial charge in [0.2, 0.25) is 5.96 Å². The number of carbonyl (C=O) groups is 1. The van der Waals surface area contributed by atoms with Crippen LogP contribution in [0.2, 0.25) is 0 Å². The molecule has 1 aromatic rings. The standard InChI is InChI=1S/C13H17N3O2/c1-9-3-5-10(6-4-9)11-7-8-14-12(15-11)16-13(17)18-2/h3-6,11H,7-8H2,1-2H3,(H2,14,15,16,17). The molecule has 1 heterocycles. The Labute approximate surface area is 106 Å². The lowest BCUT2D eigenvalue weighted by molar-refractivity contribution is 0.176. The highest BCUT2D eigenvalue weighted by Gasteiger charge is 2.18. The zero-order valence-corrected chi connectivity index (χ0v) is 10.6. The Balaban J connectivity index is 2.03. The van der Waals surface area contributed by atoms with Crippen LogP contribution in [0.25, 0.3) is 0 Å². The highest BCUT2D eigenvalue weighted by molar-refractivity contribution is 5.94. The first-order valence-electron chi connectivity index (χ1n) is 5.91. The van der Waals surface area contributed by atoms with Crippen molar-refractivity contribution in [1.29, 1.82) is 0 Å². The lowest BCUT2D eigenvalue weighted by Gasteiger charge is -2.24. The zero-order valence-electron chi connectivity index (χ0n) is 10.6. The molecule has 1 atom stereocenters. The van der Waals surface area contributed by atoms with Crippen LogP contribution in [0, 0.1) is 6.92 Å². The summed E-state index contributed by atoms with van der Waals surface area (Å²) in [6.45, 7) is 2.74. The van der Waals surface area contributed by atoms with Crippen LogP contribution >= 0.6 is 0 Å². The molecule has 5 heteroatoms. The summed E-state index contributed by atoms with van der Waals surface area (Å²) < 4.78 is 4.54. The van der Waals surface area contributed by atoms with Gasteiger partial charge in [-0.15, -0.1) is 0 Å². The molecule has 1 aliphatic rings. The Morgan fingerprint density at radius 1 is 1.44 bits per heavy atom. The minimum Gasteiger partial charge on any atom is -0.453 e. The molecule has 0 spiro atoms. The van der Waals surface area contributed by atoms with Gasteiger partial charge in [0, 0.05) is 6.54 Å². The Morgan fingerprint density at radius 3 is 2.83 bits per heavy atom. The third kappa shape index (κ3) is 3.00. The highest BCUT2D eigenvalue weighted by Crippen LogP contribution is 2.19. The molecular weight excluding hydrogens is 230 g/mol. The van der Waals surface area contributed by atoms with Crippen molar-refractivity contribution in [3.63, 3.8) is 0 Å². The molecular formula is C13H17N3O2. The summed E-state index contributed by atoms with van der Waals surface area (Å²) in [6, 6.07) is 8.52. The monoisotopic (exact) mass is 247 g/mol. The molecule has 5 nitrogen and oxygen atoms in total. The van der Waals surface area contributed by atoms with E-state index in [0.29, 0.717) is 12.5 Å². The number of rotatable bonds is 1. The molecule has 2 N–H and O–H groups in total. The molecule has 18 heavy (non-hydrogen) atoms. The molecule has 0 radical (unpaired) electrons. The van der Waals surface area contributed by atoms with E-state index in [2.05, 4.69) is 51.6 Å². The number of hydrogen-bond donors (Lipinski definition) is 2. The topological polar surface area (TPSA) is 62.7 Å². The van der Waals surface area contributed by atoms with Gasteiger partial charge in [0.1, 0.15) is 0 Å². The predicted octanol–water partition coefficient (Wildman–Crippen LogP) is 1.74. The molecule has 0 saturated heterocycles. The number of alkyl carbamates (subject to hydrolysis) is 1. The van der Waals surface area contributed by atoms with Gasteiger partial charge in [-0.1, -0.05) is 29.8 Å². The van der Waals surface area contributed by atoms with Gasteiger partial charge in [-0.3, -0.25) is 10.3 Å². The summed E-state index contributed by atoms with van der Waals surface area (Å²) in [7, 11) is 1.33. The number of amides is 1. The normalized spacial score (nSPS) is 18.6. The SMILES string of the molecule is COC(=O)NC1=NCCC(c2ccc(C)cc2)N1. The number of nitrogens with one attached hydrogen (secondary N) is 2. The van der Waals surface area contributed by atoms with Gasteiger partial charge in [0.15, 0.2) is 0 Å². The fraction of sp³-hybridized carbons (Fsp3) is 0.385. The average Bonchev–Trinajstić information content (AvgIpc) is 2.40. The summed E-state index contributed by atoms with van der Waals surface area (Å²) in [5, 5.41) is 5.75. The van der Waals surface area contributed by atoms with Crippen LogP contribution in [0.4, 0.5) is 4.79 Å². The molecule has 1 unspecified atom stereocenters. The molecule has 1 aromatic carbocycles. The van der Waals surface area contributed by atoms with Crippen molar-refractivity contribution in [2.75, 3.05) is 13.7 Å². The smallest absolute Gasteiger partial charge is 0.413 e. The number of methoxy groups -OCH3 is 1. The quantitative estimate of drug-likeness (QED) is 0.794. The number of ether oxygens (including phenoxy) is 1.